The summed E-state index contributed by atoms with van der Waals surface area (Å²) in [7, 11) is 0. The molecule has 5 nitrogen and oxygen atoms in total. The van der Waals surface area contributed by atoms with Gasteiger partial charge in [0.2, 0.25) is 0 Å². The van der Waals surface area contributed by atoms with Crippen molar-refractivity contribution >= 4 is 92.9 Å². The van der Waals surface area contributed by atoms with Gasteiger partial charge in [-0.2, -0.15) is 0 Å². The smallest absolute Gasteiger partial charge is 0.128 e. The van der Waals surface area contributed by atoms with Gasteiger partial charge in [0.25, 0.3) is 0 Å². The van der Waals surface area contributed by atoms with E-state index >= 15 is 0 Å². The molecule has 0 bridgehead atoms. The van der Waals surface area contributed by atoms with Crippen molar-refractivity contribution in [2.45, 2.75) is 12.0 Å². The average Bonchev–Trinajstić information content (AvgIpc) is 4.15. The number of fused-ring (bicyclic) bond motifs is 15. The average molecular weight is 831 g/mol. The van der Waals surface area contributed by atoms with Crippen molar-refractivity contribution in [1.82, 2.24) is 18.3 Å². The van der Waals surface area contributed by atoms with E-state index in [1.165, 1.54) is 92.8 Å². The maximum Gasteiger partial charge on any atom is 0.128 e. The van der Waals surface area contributed by atoms with Crippen LogP contribution in [0.4, 0.5) is 0 Å². The minimum atomic E-state index is -0.0884. The summed E-state index contributed by atoms with van der Waals surface area (Å²) in [5.74, 6) is 0.978. The Hall–Kier alpha value is -8.54. The fraction of sp³-hybridized carbons (Fsp3) is 0.0333. The van der Waals surface area contributed by atoms with Crippen LogP contribution >= 0.6 is 0 Å². The molecule has 1 aliphatic heterocycles. The van der Waals surface area contributed by atoms with Crippen molar-refractivity contribution in [2.24, 2.45) is 0 Å². The van der Waals surface area contributed by atoms with Gasteiger partial charge in [-0.1, -0.05) is 109 Å². The second-order valence-corrected chi connectivity index (χ2v) is 17.6. The Morgan fingerprint density at radius 1 is 0.323 bits per heavy atom. The number of hydrogen-bond acceptors (Lipinski definition) is 1. The first-order valence-electron chi connectivity index (χ1n) is 22.5. The predicted octanol–water partition coefficient (Wildman–Crippen LogP) is 15.0. The van der Waals surface area contributed by atoms with Crippen LogP contribution in [0.3, 0.4) is 0 Å². The Balaban J connectivity index is 0.915. The SMILES string of the molecule is C1=CC2Oc3ccc(-n4c5ccccc5c5cc6c(cc54)c4ccccc4n6-c4ccccc4)cc3C2C=C1n1c2ccccc2c2cc3c(cc21)c1ccccc1n3-c1ccccc1. The number of nitrogens with zero attached hydrogens (tertiary/aromatic N) is 4. The third-order valence-electron chi connectivity index (χ3n) is 14.3. The highest BCUT2D eigenvalue weighted by atomic mass is 16.5. The molecular weight excluding hydrogens is 793 g/mol. The fourth-order valence-electron chi connectivity index (χ4n) is 11.5. The number of benzene rings is 9. The maximum absolute atomic E-state index is 6.74. The maximum atomic E-state index is 6.74. The van der Waals surface area contributed by atoms with Gasteiger partial charge < -0.3 is 23.0 Å². The van der Waals surface area contributed by atoms with Crippen LogP contribution in [0.15, 0.2) is 218 Å². The van der Waals surface area contributed by atoms with E-state index in [4.69, 9.17) is 4.74 Å². The Kier molecular flexibility index (Phi) is 7.00. The third-order valence-corrected chi connectivity index (χ3v) is 14.3. The van der Waals surface area contributed by atoms with Gasteiger partial charge in [0.1, 0.15) is 11.9 Å². The molecule has 5 heteroatoms. The lowest BCUT2D eigenvalue weighted by atomic mass is 9.90. The molecule has 0 radical (unpaired) electrons. The van der Waals surface area contributed by atoms with E-state index in [2.05, 4.69) is 237 Å². The number of hydrogen-bond donors (Lipinski definition) is 0. The summed E-state index contributed by atoms with van der Waals surface area (Å²) in [5, 5.41) is 9.92. The summed E-state index contributed by atoms with van der Waals surface area (Å²) in [5.41, 5.74) is 15.4. The molecule has 0 saturated heterocycles. The van der Waals surface area contributed by atoms with Crippen LogP contribution < -0.4 is 4.74 Å². The van der Waals surface area contributed by atoms with Crippen molar-refractivity contribution in [3.63, 3.8) is 0 Å². The topological polar surface area (TPSA) is 28.9 Å². The lowest BCUT2D eigenvalue weighted by Crippen LogP contribution is -2.18. The largest absolute Gasteiger partial charge is 0.485 e. The normalized spacial score (nSPS) is 15.8. The Labute approximate surface area is 373 Å². The van der Waals surface area contributed by atoms with Crippen LogP contribution in [0.25, 0.3) is 110 Å². The summed E-state index contributed by atoms with van der Waals surface area (Å²) >= 11 is 0. The molecule has 0 spiro atoms. The quantitative estimate of drug-likeness (QED) is 0.174. The van der Waals surface area contributed by atoms with E-state index in [-0.39, 0.29) is 12.0 Å². The fourth-order valence-corrected chi connectivity index (χ4v) is 11.5. The van der Waals surface area contributed by atoms with Crippen LogP contribution in [-0.2, 0) is 0 Å². The molecule has 0 amide bonds. The molecule has 5 heterocycles. The molecule has 65 heavy (non-hydrogen) atoms. The van der Waals surface area contributed by atoms with Gasteiger partial charge in [-0.3, -0.25) is 0 Å². The molecule has 4 aromatic heterocycles. The molecule has 15 rings (SSSR count). The van der Waals surface area contributed by atoms with Gasteiger partial charge in [-0.25, -0.2) is 0 Å². The Morgan fingerprint density at radius 2 is 0.723 bits per heavy atom. The molecular formula is C60H38N4O. The lowest BCUT2D eigenvalue weighted by molar-refractivity contribution is 0.269. The molecule has 13 aromatic rings. The van der Waals surface area contributed by atoms with Gasteiger partial charge in [0.05, 0.1) is 44.1 Å². The van der Waals surface area contributed by atoms with Crippen LogP contribution in [0, 0.1) is 0 Å². The van der Waals surface area contributed by atoms with E-state index in [1.807, 2.05) is 0 Å². The van der Waals surface area contributed by atoms with Crippen molar-refractivity contribution in [2.75, 3.05) is 0 Å². The van der Waals surface area contributed by atoms with Crippen LogP contribution in [0.1, 0.15) is 11.5 Å². The molecule has 0 fully saturated rings. The zero-order valence-corrected chi connectivity index (χ0v) is 35.1. The predicted molar refractivity (Wildman–Crippen MR) is 269 cm³/mol. The highest BCUT2D eigenvalue weighted by Crippen LogP contribution is 2.47. The Morgan fingerprint density at radius 3 is 1.20 bits per heavy atom. The van der Waals surface area contributed by atoms with Gasteiger partial charge in [0.15, 0.2) is 0 Å². The van der Waals surface area contributed by atoms with Crippen molar-refractivity contribution < 1.29 is 4.74 Å². The summed E-state index contributed by atoms with van der Waals surface area (Å²) in [6, 6.07) is 73.2. The number of ether oxygens (including phenoxy) is 1. The van der Waals surface area contributed by atoms with Crippen LogP contribution in [0.2, 0.25) is 0 Å². The summed E-state index contributed by atoms with van der Waals surface area (Å²) in [4.78, 5) is 0. The second-order valence-electron chi connectivity index (χ2n) is 17.6. The molecule has 2 atom stereocenters. The summed E-state index contributed by atoms with van der Waals surface area (Å²) in [6.07, 6.45) is 6.88. The van der Waals surface area contributed by atoms with Gasteiger partial charge in [-0.15, -0.1) is 0 Å². The van der Waals surface area contributed by atoms with Crippen LogP contribution in [0.5, 0.6) is 5.75 Å². The van der Waals surface area contributed by atoms with E-state index in [0.29, 0.717) is 0 Å². The molecule has 0 saturated carbocycles. The number of para-hydroxylation sites is 6. The first-order chi connectivity index (χ1) is 32.2. The number of allylic oxidation sites excluding steroid dienone is 2. The first kappa shape index (κ1) is 35.0. The molecule has 2 unspecified atom stereocenters. The van der Waals surface area contributed by atoms with Crippen LogP contribution in [-0.4, -0.2) is 24.4 Å². The number of rotatable bonds is 4. The number of aromatic nitrogens is 4. The highest BCUT2D eigenvalue weighted by molar-refractivity contribution is 6.21. The second kappa shape index (κ2) is 13.0. The van der Waals surface area contributed by atoms with Gasteiger partial charge >= 0.3 is 0 Å². The summed E-state index contributed by atoms with van der Waals surface area (Å²) < 4.78 is 16.5. The molecule has 2 aliphatic rings. The third kappa shape index (κ3) is 4.81. The lowest BCUT2D eigenvalue weighted by Gasteiger charge is -2.20. The monoisotopic (exact) mass is 830 g/mol. The highest BCUT2D eigenvalue weighted by Gasteiger charge is 2.35. The minimum absolute atomic E-state index is 0.0357. The van der Waals surface area contributed by atoms with Gasteiger partial charge in [0, 0.05) is 77.3 Å². The Bertz CT molecular complexity index is 4220. The first-order valence-corrected chi connectivity index (χ1v) is 22.5. The van der Waals surface area contributed by atoms with Crippen molar-refractivity contribution in [3.05, 3.63) is 224 Å². The van der Waals surface area contributed by atoms with Crippen molar-refractivity contribution in [3.8, 4) is 22.8 Å². The van der Waals surface area contributed by atoms with E-state index in [1.54, 1.807) is 0 Å². The minimum Gasteiger partial charge on any atom is -0.485 e. The molecule has 1 aliphatic carbocycles. The molecule has 304 valence electrons. The van der Waals surface area contributed by atoms with Crippen molar-refractivity contribution in [1.29, 1.82) is 0 Å². The van der Waals surface area contributed by atoms with E-state index in [0.717, 1.165) is 28.5 Å². The van der Waals surface area contributed by atoms with Gasteiger partial charge in [-0.05, 0) is 109 Å². The van der Waals surface area contributed by atoms with E-state index < -0.39 is 0 Å². The molecule has 0 N–H and O–H groups in total. The van der Waals surface area contributed by atoms with E-state index in [9.17, 15) is 0 Å². The zero-order valence-electron chi connectivity index (χ0n) is 35.1. The zero-order chi connectivity index (χ0) is 42.3. The molecule has 9 aromatic carbocycles. The standard InChI is InChI=1S/C60H38N4O/c1-3-15-37(16-4-1)61-51-23-11-7-19-41(51)45-35-57-47(33-55(45)61)43-21-9-13-25-53(43)63(57)39-27-29-59-49(31-39)50-32-40(28-30-60(50)65-59)64-54-26-14-10-22-44(54)48-34-56-46(36-58(48)64)42-20-8-12-24-52(42)62(56)38-17-5-2-6-18-38/h1-36,49,59H. The summed E-state index contributed by atoms with van der Waals surface area (Å²) in [6.45, 7) is 0.